The Morgan fingerprint density at radius 1 is 1.04 bits per heavy atom. The number of hydrogen-bond donors (Lipinski definition) is 0. The number of fused-ring (bicyclic) bond motifs is 2. The summed E-state index contributed by atoms with van der Waals surface area (Å²) in [5.74, 6) is 1.82. The summed E-state index contributed by atoms with van der Waals surface area (Å²) in [4.78, 5) is 12.4. The molecule has 0 amide bonds. The van der Waals surface area contributed by atoms with Crippen LogP contribution in [-0.4, -0.2) is 79.3 Å². The van der Waals surface area contributed by atoms with Gasteiger partial charge in [-0.3, -0.25) is 0 Å². The Bertz CT molecular complexity index is 2140. The molecule has 7 rings (SSSR count). The zero-order chi connectivity index (χ0) is 31.8. The molecule has 236 valence electrons. The Balaban J connectivity index is 0.988. The van der Waals surface area contributed by atoms with Gasteiger partial charge in [0.25, 0.3) is 5.19 Å². The van der Waals surface area contributed by atoms with Gasteiger partial charge in [-0.2, -0.15) is 9.57 Å². The molecule has 4 aromatic heterocycles. The van der Waals surface area contributed by atoms with Gasteiger partial charge in [0.2, 0.25) is 15.0 Å². The van der Waals surface area contributed by atoms with E-state index in [-0.39, 0.29) is 4.90 Å². The van der Waals surface area contributed by atoms with Gasteiger partial charge in [-0.05, 0) is 41.7 Å². The summed E-state index contributed by atoms with van der Waals surface area (Å²) >= 11 is 2.87. The lowest BCUT2D eigenvalue weighted by Gasteiger charge is -2.33. The Morgan fingerprint density at radius 2 is 1.85 bits per heavy atom. The molecule has 16 heteroatoms. The summed E-state index contributed by atoms with van der Waals surface area (Å²) in [7, 11) is -0.467. The molecule has 0 atom stereocenters. The molecule has 6 aromatic rings. The number of anilines is 1. The van der Waals surface area contributed by atoms with Gasteiger partial charge in [-0.1, -0.05) is 0 Å². The summed E-state index contributed by atoms with van der Waals surface area (Å²) < 4.78 is 52.3. The van der Waals surface area contributed by atoms with Crippen LogP contribution < -0.4 is 19.1 Å². The van der Waals surface area contributed by atoms with Crippen LogP contribution in [0.2, 0.25) is 0 Å². The maximum atomic E-state index is 13.1. The molecule has 0 bridgehead atoms. The topological polar surface area (TPSA) is 148 Å². The van der Waals surface area contributed by atoms with Gasteiger partial charge in [0.1, 0.15) is 22.8 Å². The normalized spacial score (nSPS) is 14.2. The van der Waals surface area contributed by atoms with Crippen LogP contribution in [-0.2, 0) is 16.4 Å². The Labute approximate surface area is 271 Å². The Morgan fingerprint density at radius 3 is 2.57 bits per heavy atom. The number of thiazole rings is 1. The van der Waals surface area contributed by atoms with E-state index in [0.29, 0.717) is 83.5 Å². The average molecular weight is 678 g/mol. The fourth-order valence-electron chi connectivity index (χ4n) is 5.12. The number of piperazine rings is 1. The highest BCUT2D eigenvalue weighted by atomic mass is 32.2. The van der Waals surface area contributed by atoms with Crippen molar-refractivity contribution in [2.45, 2.75) is 11.3 Å². The van der Waals surface area contributed by atoms with E-state index in [1.54, 1.807) is 24.9 Å². The number of ether oxygens (including phenoxy) is 3. The number of sulfonamides is 1. The molecule has 0 spiro atoms. The SMILES string of the molecule is COc1cc(OCCc2csc(N3CCN(S(=O)(=O)c4ccc(C#N)cc4)CC3)n2)c2cc(-c3cn4nc(OC)sc4n3)oc2c1. The maximum absolute atomic E-state index is 13.1. The average Bonchev–Trinajstić information content (AvgIpc) is 3.88. The number of aromatic nitrogens is 4. The van der Waals surface area contributed by atoms with Gasteiger partial charge >= 0.3 is 0 Å². The Hall–Kier alpha value is -4.69. The molecule has 0 N–H and O–H groups in total. The molecule has 1 fully saturated rings. The lowest BCUT2D eigenvalue weighted by Crippen LogP contribution is -2.48. The van der Waals surface area contributed by atoms with Crippen molar-refractivity contribution in [3.8, 4) is 34.2 Å². The predicted octanol–water partition coefficient (Wildman–Crippen LogP) is 4.68. The largest absolute Gasteiger partial charge is 0.496 e. The quantitative estimate of drug-likeness (QED) is 0.199. The van der Waals surface area contributed by atoms with E-state index in [4.69, 9.17) is 28.9 Å². The van der Waals surface area contributed by atoms with Crippen LogP contribution in [0.4, 0.5) is 5.13 Å². The molecule has 5 heterocycles. The molecule has 0 radical (unpaired) electrons. The van der Waals surface area contributed by atoms with E-state index in [1.807, 2.05) is 29.6 Å². The minimum absolute atomic E-state index is 0.191. The summed E-state index contributed by atoms with van der Waals surface area (Å²) in [6.07, 6.45) is 2.37. The molecule has 1 aliphatic heterocycles. The fourth-order valence-corrected chi connectivity index (χ4v) is 8.16. The van der Waals surface area contributed by atoms with Gasteiger partial charge < -0.3 is 23.5 Å². The standard InChI is InChI=1S/C30H27N7O6S3/c1-40-21-13-25(23-15-27(43-26(23)14-21)24-17-37-29(33-24)45-30(34-37)41-2)42-12-7-20-18-44-28(32-20)35-8-10-36(11-9-35)46(38,39)22-5-3-19(16-31)4-6-22/h3-6,13-15,17-18H,7-12H2,1-2H3. The van der Waals surface area contributed by atoms with Crippen molar-refractivity contribution in [1.29, 1.82) is 5.26 Å². The third kappa shape index (κ3) is 5.73. The first-order valence-corrected chi connectivity index (χ1v) is 17.3. The Kier molecular flexibility index (Phi) is 7.99. The second-order valence-corrected chi connectivity index (χ2v) is 14.0. The van der Waals surface area contributed by atoms with E-state index in [1.165, 1.54) is 51.2 Å². The van der Waals surface area contributed by atoms with Crippen molar-refractivity contribution in [3.63, 3.8) is 0 Å². The van der Waals surface area contributed by atoms with Crippen molar-refractivity contribution in [3.05, 3.63) is 65.3 Å². The van der Waals surface area contributed by atoms with Crippen LogP contribution in [0, 0.1) is 11.3 Å². The highest BCUT2D eigenvalue weighted by Gasteiger charge is 2.29. The van der Waals surface area contributed by atoms with E-state index in [9.17, 15) is 8.42 Å². The van der Waals surface area contributed by atoms with Crippen LogP contribution >= 0.6 is 22.7 Å². The maximum Gasteiger partial charge on any atom is 0.294 e. The summed E-state index contributed by atoms with van der Waals surface area (Å²) in [6, 6.07) is 13.6. The number of furan rings is 1. The molecular formula is C30H27N7O6S3. The first-order valence-electron chi connectivity index (χ1n) is 14.2. The second-order valence-electron chi connectivity index (χ2n) is 10.3. The van der Waals surface area contributed by atoms with Gasteiger partial charge in [0.05, 0.1) is 54.6 Å². The van der Waals surface area contributed by atoms with Gasteiger partial charge in [-0.25, -0.2) is 22.9 Å². The lowest BCUT2D eigenvalue weighted by atomic mass is 10.2. The molecule has 1 saturated heterocycles. The molecule has 46 heavy (non-hydrogen) atoms. The monoisotopic (exact) mass is 677 g/mol. The summed E-state index contributed by atoms with van der Waals surface area (Å²) in [6.45, 7) is 2.14. The van der Waals surface area contributed by atoms with Gasteiger partial charge in [-0.15, -0.1) is 16.4 Å². The van der Waals surface area contributed by atoms with E-state index >= 15 is 0 Å². The van der Waals surface area contributed by atoms with Crippen molar-refractivity contribution in [2.24, 2.45) is 0 Å². The molecular weight excluding hydrogens is 651 g/mol. The summed E-state index contributed by atoms with van der Waals surface area (Å²) in [5.41, 5.74) is 2.57. The van der Waals surface area contributed by atoms with E-state index < -0.39 is 10.0 Å². The van der Waals surface area contributed by atoms with Crippen LogP contribution in [0.25, 0.3) is 27.4 Å². The zero-order valence-electron chi connectivity index (χ0n) is 24.7. The van der Waals surface area contributed by atoms with Crippen LogP contribution in [0.3, 0.4) is 0 Å². The second kappa shape index (κ2) is 12.2. The highest BCUT2D eigenvalue weighted by Crippen LogP contribution is 2.37. The smallest absolute Gasteiger partial charge is 0.294 e. The lowest BCUT2D eigenvalue weighted by molar-refractivity contribution is 0.321. The number of benzene rings is 2. The first kappa shape index (κ1) is 30.0. The van der Waals surface area contributed by atoms with Crippen molar-refractivity contribution in [2.75, 3.05) is 51.9 Å². The zero-order valence-corrected chi connectivity index (χ0v) is 27.2. The highest BCUT2D eigenvalue weighted by molar-refractivity contribution is 7.89. The van der Waals surface area contributed by atoms with Crippen LogP contribution in [0.1, 0.15) is 11.3 Å². The van der Waals surface area contributed by atoms with E-state index in [0.717, 1.165) is 16.2 Å². The number of methoxy groups -OCH3 is 2. The van der Waals surface area contributed by atoms with Crippen molar-refractivity contribution < 1.29 is 27.0 Å². The number of hydrogen-bond acceptors (Lipinski definition) is 13. The fraction of sp³-hybridized carbons (Fsp3) is 0.267. The number of nitriles is 1. The first-order chi connectivity index (χ1) is 22.3. The number of rotatable bonds is 10. The van der Waals surface area contributed by atoms with E-state index in [2.05, 4.69) is 15.0 Å². The third-order valence-corrected chi connectivity index (χ3v) is 11.3. The van der Waals surface area contributed by atoms with Crippen LogP contribution in [0.5, 0.6) is 16.7 Å². The minimum Gasteiger partial charge on any atom is -0.496 e. The third-order valence-electron chi connectivity index (χ3n) is 7.55. The van der Waals surface area contributed by atoms with Crippen molar-refractivity contribution in [1.82, 2.24) is 23.9 Å². The van der Waals surface area contributed by atoms with Gasteiger partial charge in [0.15, 0.2) is 10.9 Å². The van der Waals surface area contributed by atoms with Gasteiger partial charge in [0, 0.05) is 50.1 Å². The molecule has 0 aliphatic carbocycles. The molecule has 0 saturated carbocycles. The molecule has 13 nitrogen and oxygen atoms in total. The summed E-state index contributed by atoms with van der Waals surface area (Å²) in [5, 5.41) is 17.5. The molecule has 0 unspecified atom stereocenters. The number of imidazole rings is 1. The predicted molar refractivity (Wildman–Crippen MR) is 173 cm³/mol. The minimum atomic E-state index is -3.63. The molecule has 2 aromatic carbocycles. The van der Waals surface area contributed by atoms with Crippen molar-refractivity contribution >= 4 is 53.8 Å². The number of nitrogens with zero attached hydrogens (tertiary/aromatic N) is 7. The van der Waals surface area contributed by atoms with Crippen LogP contribution in [0.15, 0.2) is 63.4 Å². The molecule has 1 aliphatic rings.